The van der Waals surface area contributed by atoms with Gasteiger partial charge < -0.3 is 5.32 Å². The first-order valence-corrected chi connectivity index (χ1v) is 5.16. The smallest absolute Gasteiger partial charge is 0.152 e. The summed E-state index contributed by atoms with van der Waals surface area (Å²) in [7, 11) is 0. The summed E-state index contributed by atoms with van der Waals surface area (Å²) in [4.78, 5) is 15.2. The van der Waals surface area contributed by atoms with Crippen molar-refractivity contribution < 1.29 is 4.79 Å². The van der Waals surface area contributed by atoms with Crippen LogP contribution < -0.4 is 5.32 Å². The zero-order valence-electron chi connectivity index (χ0n) is 9.66. The number of carbonyl (C=O) groups excluding carboxylic acids is 1. The van der Waals surface area contributed by atoms with Crippen LogP contribution in [0.4, 0.5) is 0 Å². The number of amidine groups is 1. The fourth-order valence-corrected chi connectivity index (χ4v) is 1.41. The second-order valence-corrected chi connectivity index (χ2v) is 3.38. The molecule has 84 valence electrons. The first kappa shape index (κ1) is 12.2. The number of allylic oxidation sites excluding steroid dienone is 3. The second-order valence-electron chi connectivity index (χ2n) is 3.38. The van der Waals surface area contributed by atoms with E-state index in [1.165, 1.54) is 0 Å². The molecule has 0 radical (unpaired) electrons. The molecule has 0 saturated carbocycles. The average molecular weight is 216 g/mol. The number of carbonyl (C=O) groups is 1. The molecule has 1 rings (SSSR count). The lowest BCUT2D eigenvalue weighted by Crippen LogP contribution is -2.15. The van der Waals surface area contributed by atoms with Gasteiger partial charge in [0.15, 0.2) is 6.29 Å². The number of hydrogen-bond acceptors (Lipinski definition) is 2. The Bertz CT molecular complexity index is 412. The lowest BCUT2D eigenvalue weighted by Gasteiger charge is -2.04. The van der Waals surface area contributed by atoms with Crippen molar-refractivity contribution in [3.63, 3.8) is 0 Å². The zero-order chi connectivity index (χ0) is 12.0. The first-order valence-electron chi connectivity index (χ1n) is 5.16. The number of nitrogens with zero attached hydrogens (tertiary/aromatic N) is 1. The van der Waals surface area contributed by atoms with Crippen molar-refractivity contribution in [3.05, 3.63) is 47.7 Å². The van der Waals surface area contributed by atoms with Crippen molar-refractivity contribution in [2.24, 2.45) is 4.99 Å². The highest BCUT2D eigenvalue weighted by Crippen LogP contribution is 2.19. The Balaban J connectivity index is 3.03. The summed E-state index contributed by atoms with van der Waals surface area (Å²) in [5.41, 5.74) is 2.41. The summed E-state index contributed by atoms with van der Waals surface area (Å²) in [6, 6.07) is 0. The van der Waals surface area contributed by atoms with Crippen LogP contribution in [0.1, 0.15) is 13.8 Å². The molecule has 0 aromatic heterocycles. The standard InChI is InChI=1S/C13H16N2O/c1-4-6-7-14-13-12(10(3)5-2)11(9-16)8-15-13/h4-6,8-9H,2,7H2,1,3H3,(H,14,15)/b6-4-,12-10+. The lowest BCUT2D eigenvalue weighted by molar-refractivity contribution is -0.104. The molecule has 1 aliphatic heterocycles. The minimum atomic E-state index is 0.604. The maximum Gasteiger partial charge on any atom is 0.152 e. The summed E-state index contributed by atoms with van der Waals surface area (Å²) in [6.07, 6.45) is 8.12. The van der Waals surface area contributed by atoms with Gasteiger partial charge in [-0.1, -0.05) is 24.8 Å². The number of nitrogens with one attached hydrogen (secondary N) is 1. The monoisotopic (exact) mass is 216 g/mol. The van der Waals surface area contributed by atoms with Crippen molar-refractivity contribution >= 4 is 12.1 Å². The highest BCUT2D eigenvalue weighted by molar-refractivity contribution is 6.12. The highest BCUT2D eigenvalue weighted by Gasteiger charge is 2.19. The van der Waals surface area contributed by atoms with Crippen LogP contribution in [-0.4, -0.2) is 18.7 Å². The SMILES string of the molecule is C=C/C(C)=C1\C(C=O)=CNC1=NC/C=C\C. The second kappa shape index (κ2) is 5.85. The Labute approximate surface area is 96.0 Å². The molecule has 1 aliphatic rings. The average Bonchev–Trinajstić information content (AvgIpc) is 2.71. The molecule has 0 saturated heterocycles. The van der Waals surface area contributed by atoms with Crippen molar-refractivity contribution in [1.82, 2.24) is 5.32 Å². The molecule has 16 heavy (non-hydrogen) atoms. The molecule has 0 fully saturated rings. The Morgan fingerprint density at radius 2 is 2.38 bits per heavy atom. The quantitative estimate of drug-likeness (QED) is 0.578. The van der Waals surface area contributed by atoms with Gasteiger partial charge in [-0.15, -0.1) is 0 Å². The van der Waals surface area contributed by atoms with Crippen LogP contribution in [0.2, 0.25) is 0 Å². The van der Waals surface area contributed by atoms with Gasteiger partial charge in [0, 0.05) is 17.3 Å². The summed E-state index contributed by atoms with van der Waals surface area (Å²) in [5, 5.41) is 3.00. The third-order valence-corrected chi connectivity index (χ3v) is 2.31. The molecule has 0 aliphatic carbocycles. The Morgan fingerprint density at radius 3 is 2.94 bits per heavy atom. The molecule has 0 bridgehead atoms. The van der Waals surface area contributed by atoms with Gasteiger partial charge in [-0.2, -0.15) is 0 Å². The van der Waals surface area contributed by atoms with Crippen LogP contribution in [0.15, 0.2) is 52.7 Å². The van der Waals surface area contributed by atoms with E-state index in [4.69, 9.17) is 0 Å². The van der Waals surface area contributed by atoms with Crippen LogP contribution in [-0.2, 0) is 4.79 Å². The van der Waals surface area contributed by atoms with Crippen LogP contribution >= 0.6 is 0 Å². The molecule has 3 heteroatoms. The van der Waals surface area contributed by atoms with Gasteiger partial charge in [-0.25, -0.2) is 0 Å². The third kappa shape index (κ3) is 2.57. The fourth-order valence-electron chi connectivity index (χ4n) is 1.41. The van der Waals surface area contributed by atoms with Crippen LogP contribution in [0.5, 0.6) is 0 Å². The highest BCUT2D eigenvalue weighted by atomic mass is 16.1. The van der Waals surface area contributed by atoms with E-state index in [0.717, 1.165) is 23.3 Å². The van der Waals surface area contributed by atoms with Crippen molar-refractivity contribution in [2.75, 3.05) is 6.54 Å². The van der Waals surface area contributed by atoms with Gasteiger partial charge in [0.2, 0.25) is 0 Å². The van der Waals surface area contributed by atoms with E-state index in [2.05, 4.69) is 16.9 Å². The molecule has 0 atom stereocenters. The third-order valence-electron chi connectivity index (χ3n) is 2.31. The van der Waals surface area contributed by atoms with Crippen LogP contribution in [0.3, 0.4) is 0 Å². The van der Waals surface area contributed by atoms with E-state index in [1.807, 2.05) is 26.0 Å². The Kier molecular flexibility index (Phi) is 4.45. The molecule has 0 aromatic rings. The van der Waals surface area contributed by atoms with E-state index >= 15 is 0 Å². The van der Waals surface area contributed by atoms with Crippen LogP contribution in [0.25, 0.3) is 0 Å². The van der Waals surface area contributed by atoms with E-state index in [0.29, 0.717) is 12.1 Å². The minimum Gasteiger partial charge on any atom is -0.346 e. The predicted molar refractivity (Wildman–Crippen MR) is 67.3 cm³/mol. The van der Waals surface area contributed by atoms with Crippen molar-refractivity contribution in [1.29, 1.82) is 0 Å². The predicted octanol–water partition coefficient (Wildman–Crippen LogP) is 2.15. The number of aliphatic imine (C=N–C) groups is 1. The summed E-state index contributed by atoms with van der Waals surface area (Å²) in [6.45, 7) is 8.17. The molecular weight excluding hydrogens is 200 g/mol. The largest absolute Gasteiger partial charge is 0.346 e. The molecule has 1 heterocycles. The Hall–Kier alpha value is -1.90. The number of hydrogen-bond donors (Lipinski definition) is 1. The van der Waals surface area contributed by atoms with E-state index in [-0.39, 0.29) is 0 Å². The molecule has 0 unspecified atom stereocenters. The zero-order valence-corrected chi connectivity index (χ0v) is 9.66. The molecular formula is C13H16N2O. The number of rotatable bonds is 4. The first-order chi connectivity index (χ1) is 7.74. The molecule has 0 spiro atoms. The summed E-state index contributed by atoms with van der Waals surface area (Å²) >= 11 is 0. The van der Waals surface area contributed by atoms with Gasteiger partial charge in [0.05, 0.1) is 6.54 Å². The van der Waals surface area contributed by atoms with Gasteiger partial charge in [-0.05, 0) is 19.4 Å². The van der Waals surface area contributed by atoms with E-state index in [9.17, 15) is 4.79 Å². The van der Waals surface area contributed by atoms with Gasteiger partial charge in [0.25, 0.3) is 0 Å². The van der Waals surface area contributed by atoms with Crippen molar-refractivity contribution in [2.45, 2.75) is 13.8 Å². The molecule has 0 aromatic carbocycles. The van der Waals surface area contributed by atoms with Gasteiger partial charge in [-0.3, -0.25) is 9.79 Å². The van der Waals surface area contributed by atoms with E-state index < -0.39 is 0 Å². The topological polar surface area (TPSA) is 41.5 Å². The molecule has 3 nitrogen and oxygen atoms in total. The van der Waals surface area contributed by atoms with Crippen molar-refractivity contribution in [3.8, 4) is 0 Å². The van der Waals surface area contributed by atoms with E-state index in [1.54, 1.807) is 12.3 Å². The van der Waals surface area contributed by atoms with Gasteiger partial charge >= 0.3 is 0 Å². The minimum absolute atomic E-state index is 0.604. The summed E-state index contributed by atoms with van der Waals surface area (Å²) in [5.74, 6) is 0.734. The fraction of sp³-hybridized carbons (Fsp3) is 0.231. The molecule has 0 amide bonds. The summed E-state index contributed by atoms with van der Waals surface area (Å²) < 4.78 is 0. The maximum atomic E-state index is 10.9. The lowest BCUT2D eigenvalue weighted by atomic mass is 10.0. The van der Waals surface area contributed by atoms with Gasteiger partial charge in [0.1, 0.15) is 5.84 Å². The normalized spacial score (nSPS) is 20.9. The molecule has 1 N–H and O–H groups in total. The van der Waals surface area contributed by atoms with Crippen LogP contribution in [0, 0.1) is 0 Å². The number of aldehydes is 1. The Morgan fingerprint density at radius 1 is 1.62 bits per heavy atom. The maximum absolute atomic E-state index is 10.9.